The van der Waals surface area contributed by atoms with Crippen LogP contribution in [0.5, 0.6) is 5.75 Å². The van der Waals surface area contributed by atoms with E-state index in [-0.39, 0.29) is 5.92 Å². The molecule has 0 heterocycles. The van der Waals surface area contributed by atoms with Crippen molar-refractivity contribution in [3.63, 3.8) is 0 Å². The van der Waals surface area contributed by atoms with Gasteiger partial charge in [-0.25, -0.2) is 9.59 Å². The first kappa shape index (κ1) is 16.0. The van der Waals surface area contributed by atoms with E-state index < -0.39 is 11.9 Å². The fourth-order valence-corrected chi connectivity index (χ4v) is 2.76. The fourth-order valence-electron chi connectivity index (χ4n) is 2.76. The molecule has 2 aromatic carbocycles. The summed E-state index contributed by atoms with van der Waals surface area (Å²) in [6.07, 6.45) is 3.94. The molecule has 4 heteroatoms. The highest BCUT2D eigenvalue weighted by atomic mass is 16.5. The molecule has 122 valence electrons. The molecule has 0 aliphatic heterocycles. The molecule has 0 amide bonds. The lowest BCUT2D eigenvalue weighted by Gasteiger charge is -2.18. The molecule has 1 aliphatic carbocycles. The second kappa shape index (κ2) is 6.71. The average molecular weight is 322 g/mol. The van der Waals surface area contributed by atoms with Crippen molar-refractivity contribution >= 4 is 22.7 Å². The minimum atomic E-state index is -0.447. The van der Waals surface area contributed by atoms with Crippen LogP contribution in [0.3, 0.4) is 0 Å². The van der Waals surface area contributed by atoms with Gasteiger partial charge in [-0.1, -0.05) is 49.4 Å². The Morgan fingerprint density at radius 1 is 1.04 bits per heavy atom. The van der Waals surface area contributed by atoms with Crippen molar-refractivity contribution in [2.24, 2.45) is 5.92 Å². The Hall–Kier alpha value is -2.88. The van der Waals surface area contributed by atoms with Gasteiger partial charge >= 0.3 is 11.9 Å². The van der Waals surface area contributed by atoms with Crippen LogP contribution >= 0.6 is 0 Å². The van der Waals surface area contributed by atoms with Crippen LogP contribution in [0.15, 0.2) is 65.8 Å². The molecule has 1 atom stereocenters. The summed E-state index contributed by atoms with van der Waals surface area (Å²) >= 11 is 0. The van der Waals surface area contributed by atoms with Gasteiger partial charge in [0.15, 0.2) is 0 Å². The van der Waals surface area contributed by atoms with Crippen LogP contribution in [0.25, 0.3) is 10.8 Å². The first-order valence-corrected chi connectivity index (χ1v) is 7.80. The maximum absolute atomic E-state index is 12.6. The molecule has 0 saturated heterocycles. The van der Waals surface area contributed by atoms with E-state index in [1.165, 1.54) is 7.11 Å². The predicted molar refractivity (Wildman–Crippen MR) is 91.5 cm³/mol. The average Bonchev–Trinajstić information content (AvgIpc) is 2.61. The van der Waals surface area contributed by atoms with Gasteiger partial charge in [-0.3, -0.25) is 0 Å². The van der Waals surface area contributed by atoms with Crippen molar-refractivity contribution < 1.29 is 19.1 Å². The number of allylic oxidation sites excluding steroid dienone is 1. The van der Waals surface area contributed by atoms with Gasteiger partial charge < -0.3 is 9.47 Å². The summed E-state index contributed by atoms with van der Waals surface area (Å²) in [5.41, 5.74) is 0.867. The molecule has 0 aromatic heterocycles. The first-order chi connectivity index (χ1) is 11.6. The lowest BCUT2D eigenvalue weighted by atomic mass is 9.90. The molecule has 24 heavy (non-hydrogen) atoms. The first-order valence-electron chi connectivity index (χ1n) is 7.80. The van der Waals surface area contributed by atoms with Crippen molar-refractivity contribution in [3.8, 4) is 5.75 Å². The number of hydrogen-bond donors (Lipinski definition) is 0. The van der Waals surface area contributed by atoms with Crippen molar-refractivity contribution in [1.29, 1.82) is 0 Å². The van der Waals surface area contributed by atoms with Crippen LogP contribution in [0, 0.1) is 5.92 Å². The quantitative estimate of drug-likeness (QED) is 0.637. The van der Waals surface area contributed by atoms with Crippen LogP contribution in [0.1, 0.15) is 13.3 Å². The number of ether oxygens (including phenoxy) is 2. The lowest BCUT2D eigenvalue weighted by molar-refractivity contribution is -0.135. The van der Waals surface area contributed by atoms with Crippen molar-refractivity contribution in [2.45, 2.75) is 13.3 Å². The smallest absolute Gasteiger partial charge is 0.339 e. The Morgan fingerprint density at radius 3 is 2.58 bits per heavy atom. The molecule has 4 nitrogen and oxygen atoms in total. The van der Waals surface area contributed by atoms with E-state index in [4.69, 9.17) is 9.47 Å². The van der Waals surface area contributed by atoms with Crippen LogP contribution in [-0.2, 0) is 14.3 Å². The second-order valence-electron chi connectivity index (χ2n) is 5.75. The SMILES string of the molecule is COC(=O)C1=CCC(C)C(C(=O)Oc2cccc3ccccc23)=C1. The summed E-state index contributed by atoms with van der Waals surface area (Å²) in [6, 6.07) is 13.3. The number of benzene rings is 2. The minimum absolute atomic E-state index is 0.0131. The Kier molecular flexibility index (Phi) is 4.47. The summed E-state index contributed by atoms with van der Waals surface area (Å²) in [4.78, 5) is 24.3. The monoisotopic (exact) mass is 322 g/mol. The highest BCUT2D eigenvalue weighted by molar-refractivity contribution is 5.99. The van der Waals surface area contributed by atoms with Gasteiger partial charge in [0.25, 0.3) is 0 Å². The third kappa shape index (κ3) is 3.08. The van der Waals surface area contributed by atoms with Crippen LogP contribution in [0.2, 0.25) is 0 Å². The topological polar surface area (TPSA) is 52.6 Å². The fraction of sp³-hybridized carbons (Fsp3) is 0.200. The number of hydrogen-bond acceptors (Lipinski definition) is 4. The number of esters is 2. The van der Waals surface area contributed by atoms with E-state index in [0.717, 1.165) is 10.8 Å². The highest BCUT2D eigenvalue weighted by Crippen LogP contribution is 2.29. The molecule has 1 aliphatic rings. The van der Waals surface area contributed by atoms with Gasteiger partial charge in [-0.2, -0.15) is 0 Å². The Labute approximate surface area is 140 Å². The van der Waals surface area contributed by atoms with Crippen molar-refractivity contribution in [3.05, 3.63) is 65.8 Å². The van der Waals surface area contributed by atoms with E-state index in [1.807, 2.05) is 43.3 Å². The normalized spacial score (nSPS) is 17.0. The molecule has 2 aromatic rings. The zero-order chi connectivity index (χ0) is 17.1. The number of carbonyl (C=O) groups is 2. The summed E-state index contributed by atoms with van der Waals surface area (Å²) in [7, 11) is 1.32. The van der Waals surface area contributed by atoms with Gasteiger partial charge in [0.05, 0.1) is 12.7 Å². The van der Waals surface area contributed by atoms with Crippen molar-refractivity contribution in [1.82, 2.24) is 0 Å². The summed E-state index contributed by atoms with van der Waals surface area (Å²) in [6.45, 7) is 1.93. The van der Waals surface area contributed by atoms with Crippen molar-refractivity contribution in [2.75, 3.05) is 7.11 Å². The standard InChI is InChI=1S/C20H18O4/c1-13-10-11-15(19(21)23-2)12-17(13)20(22)24-18-9-5-7-14-6-3-4-8-16(14)18/h3-9,11-13H,10H2,1-2H3. The summed E-state index contributed by atoms with van der Waals surface area (Å²) in [5.74, 6) is -0.382. The molecule has 3 rings (SSSR count). The van der Waals surface area contributed by atoms with E-state index in [1.54, 1.807) is 18.2 Å². The maximum atomic E-state index is 12.6. The molecule has 0 spiro atoms. The van der Waals surface area contributed by atoms with Crippen LogP contribution < -0.4 is 4.74 Å². The molecule has 0 N–H and O–H groups in total. The van der Waals surface area contributed by atoms with Gasteiger partial charge in [0, 0.05) is 11.0 Å². The van der Waals surface area contributed by atoms with E-state index in [9.17, 15) is 9.59 Å². The third-order valence-electron chi connectivity index (χ3n) is 4.14. The zero-order valence-corrected chi connectivity index (χ0v) is 13.6. The second-order valence-corrected chi connectivity index (χ2v) is 5.75. The van der Waals surface area contributed by atoms with Crippen LogP contribution in [0.4, 0.5) is 0 Å². The third-order valence-corrected chi connectivity index (χ3v) is 4.14. The van der Waals surface area contributed by atoms with Gasteiger partial charge in [0.2, 0.25) is 0 Å². The molecule has 1 unspecified atom stereocenters. The molecule has 0 radical (unpaired) electrons. The number of carbonyl (C=O) groups excluding carboxylic acids is 2. The van der Waals surface area contributed by atoms with E-state index in [0.29, 0.717) is 23.3 Å². The van der Waals surface area contributed by atoms with Crippen LogP contribution in [-0.4, -0.2) is 19.0 Å². The number of fused-ring (bicyclic) bond motifs is 1. The zero-order valence-electron chi connectivity index (χ0n) is 13.6. The molecular weight excluding hydrogens is 304 g/mol. The predicted octanol–water partition coefficient (Wildman–Crippen LogP) is 3.81. The van der Waals surface area contributed by atoms with E-state index >= 15 is 0 Å². The Bertz CT molecular complexity index is 856. The molecule has 0 saturated carbocycles. The van der Waals surface area contributed by atoms with Gasteiger partial charge in [-0.05, 0) is 29.9 Å². The maximum Gasteiger partial charge on any atom is 0.339 e. The minimum Gasteiger partial charge on any atom is -0.465 e. The Morgan fingerprint density at radius 2 is 1.79 bits per heavy atom. The largest absolute Gasteiger partial charge is 0.465 e. The molecular formula is C20H18O4. The van der Waals surface area contributed by atoms with Gasteiger partial charge in [-0.15, -0.1) is 0 Å². The summed E-state index contributed by atoms with van der Waals surface area (Å²) in [5, 5.41) is 1.88. The highest BCUT2D eigenvalue weighted by Gasteiger charge is 2.24. The Balaban J connectivity index is 1.89. The number of methoxy groups -OCH3 is 1. The molecule has 0 fully saturated rings. The van der Waals surface area contributed by atoms with Gasteiger partial charge in [0.1, 0.15) is 5.75 Å². The number of rotatable bonds is 3. The van der Waals surface area contributed by atoms with E-state index in [2.05, 4.69) is 0 Å². The molecule has 0 bridgehead atoms. The lowest BCUT2D eigenvalue weighted by Crippen LogP contribution is -2.20. The summed E-state index contributed by atoms with van der Waals surface area (Å²) < 4.78 is 10.3.